The molecule has 1 saturated heterocycles. The lowest BCUT2D eigenvalue weighted by molar-refractivity contribution is -0.456. The molecule has 168 valence electrons. The van der Waals surface area contributed by atoms with Crippen LogP contribution in [0.15, 0.2) is 0 Å². The first-order valence-electron chi connectivity index (χ1n) is 5.68. The SMILES string of the molecule is O=S1(=O)OC(F)(F)C1(F)C(F)(F)C(F)(F)C(F)(F)C(F)(F)C(F)(F)C(F)(F)F. The first-order chi connectivity index (χ1) is 11.7. The third-order valence-electron chi connectivity index (χ3n) is 3.27. The summed E-state index contributed by atoms with van der Waals surface area (Å²) in [6.07, 6.45) is -14.4. The van der Waals surface area contributed by atoms with Crippen molar-refractivity contribution >= 4 is 10.1 Å². The average molecular weight is 480 g/mol. The molecule has 0 aromatic carbocycles. The topological polar surface area (TPSA) is 43.4 Å². The van der Waals surface area contributed by atoms with Crippen LogP contribution in [0.1, 0.15) is 0 Å². The number of alkyl halides is 16. The summed E-state index contributed by atoms with van der Waals surface area (Å²) in [5.41, 5.74) is 0. The van der Waals surface area contributed by atoms with Crippen LogP contribution in [0, 0.1) is 0 Å². The van der Waals surface area contributed by atoms with E-state index >= 15 is 0 Å². The van der Waals surface area contributed by atoms with Crippen LogP contribution in [0.4, 0.5) is 70.2 Å². The molecule has 3 nitrogen and oxygen atoms in total. The van der Waals surface area contributed by atoms with Crippen LogP contribution in [0.25, 0.3) is 0 Å². The van der Waals surface area contributed by atoms with Crippen molar-refractivity contribution in [3.05, 3.63) is 0 Å². The first-order valence-corrected chi connectivity index (χ1v) is 7.09. The van der Waals surface area contributed by atoms with Crippen molar-refractivity contribution in [2.45, 2.75) is 46.9 Å². The maximum atomic E-state index is 13.5. The Hall–Kier alpha value is -1.21. The second-order valence-corrected chi connectivity index (χ2v) is 6.66. The highest BCUT2D eigenvalue weighted by atomic mass is 32.2. The van der Waals surface area contributed by atoms with Gasteiger partial charge in [-0.05, 0) is 0 Å². The van der Waals surface area contributed by atoms with Crippen molar-refractivity contribution < 1.29 is 82.8 Å². The molecule has 0 aromatic heterocycles. The molecule has 0 amide bonds. The third kappa shape index (κ3) is 2.38. The fourth-order valence-corrected chi connectivity index (χ4v) is 2.83. The van der Waals surface area contributed by atoms with Crippen LogP contribution in [0.2, 0.25) is 0 Å². The van der Waals surface area contributed by atoms with E-state index in [-0.39, 0.29) is 0 Å². The standard InChI is InChI=1S/C8F16O3S/c9-1(10,3(13,14)5(17,18)7(20,21)22)2(11,12)4(15,16)6(19)8(23,24)27-28(6,25)26. The molecule has 1 aliphatic rings. The number of hydrogen-bond donors (Lipinski definition) is 0. The molecule has 1 atom stereocenters. The van der Waals surface area contributed by atoms with Gasteiger partial charge in [-0.3, -0.25) is 0 Å². The predicted octanol–water partition coefficient (Wildman–Crippen LogP) is 4.34. The maximum absolute atomic E-state index is 13.5. The van der Waals surface area contributed by atoms with Crippen molar-refractivity contribution in [1.82, 2.24) is 0 Å². The summed E-state index contributed by atoms with van der Waals surface area (Å²) < 4.78 is 227. The summed E-state index contributed by atoms with van der Waals surface area (Å²) in [4.78, 5) is 0. The van der Waals surface area contributed by atoms with Crippen LogP contribution in [-0.4, -0.2) is 55.3 Å². The van der Waals surface area contributed by atoms with E-state index in [9.17, 15) is 78.7 Å². The highest BCUT2D eigenvalue weighted by Crippen LogP contribution is 2.67. The minimum absolute atomic E-state index is 2.12. The first kappa shape index (κ1) is 24.8. The Labute approximate surface area is 141 Å². The lowest BCUT2D eigenvalue weighted by atomic mass is 9.91. The van der Waals surface area contributed by atoms with Gasteiger partial charge in [0.1, 0.15) is 0 Å². The van der Waals surface area contributed by atoms with Crippen LogP contribution in [0.5, 0.6) is 0 Å². The molecule has 0 aliphatic carbocycles. The molecule has 28 heavy (non-hydrogen) atoms. The molecular weight excluding hydrogens is 480 g/mol. The minimum Gasteiger partial charge on any atom is -0.206 e. The Kier molecular flexibility index (Phi) is 4.86. The molecule has 0 N–H and O–H groups in total. The van der Waals surface area contributed by atoms with Crippen LogP contribution < -0.4 is 0 Å². The zero-order valence-electron chi connectivity index (χ0n) is 11.7. The molecule has 0 spiro atoms. The van der Waals surface area contributed by atoms with E-state index in [0.717, 1.165) is 0 Å². The highest BCUT2D eigenvalue weighted by molar-refractivity contribution is 7.89. The lowest BCUT2D eigenvalue weighted by Crippen LogP contribution is -2.81. The number of hydrogen-bond acceptors (Lipinski definition) is 3. The second-order valence-electron chi connectivity index (χ2n) is 5.02. The molecule has 0 radical (unpaired) electrons. The number of rotatable bonds is 5. The lowest BCUT2D eigenvalue weighted by Gasteiger charge is -2.47. The summed E-state index contributed by atoms with van der Waals surface area (Å²) in [6.45, 7) is 0. The van der Waals surface area contributed by atoms with Gasteiger partial charge in [0.25, 0.3) is 0 Å². The van der Waals surface area contributed by atoms with E-state index in [4.69, 9.17) is 0 Å². The molecule has 1 heterocycles. The van der Waals surface area contributed by atoms with Gasteiger partial charge in [-0.1, -0.05) is 0 Å². The average Bonchev–Trinajstić information content (AvgIpc) is 2.42. The van der Waals surface area contributed by atoms with E-state index in [1.54, 1.807) is 0 Å². The molecule has 1 unspecified atom stereocenters. The van der Waals surface area contributed by atoms with E-state index in [1.807, 2.05) is 0 Å². The Morgan fingerprint density at radius 3 is 1.14 bits per heavy atom. The van der Waals surface area contributed by atoms with E-state index < -0.39 is 57.0 Å². The molecule has 1 aliphatic heterocycles. The highest BCUT2D eigenvalue weighted by Gasteiger charge is 3.00. The van der Waals surface area contributed by atoms with Crippen molar-refractivity contribution in [3.8, 4) is 0 Å². The van der Waals surface area contributed by atoms with Gasteiger partial charge in [-0.15, -0.1) is 0 Å². The van der Waals surface area contributed by atoms with Crippen molar-refractivity contribution in [1.29, 1.82) is 0 Å². The molecule has 0 saturated carbocycles. The van der Waals surface area contributed by atoms with Crippen molar-refractivity contribution in [3.63, 3.8) is 0 Å². The van der Waals surface area contributed by atoms with Gasteiger partial charge < -0.3 is 0 Å². The van der Waals surface area contributed by atoms with Gasteiger partial charge >= 0.3 is 57.0 Å². The molecule has 0 bridgehead atoms. The maximum Gasteiger partial charge on any atom is 0.460 e. The Morgan fingerprint density at radius 2 is 0.893 bits per heavy atom. The fraction of sp³-hybridized carbons (Fsp3) is 1.00. The second kappa shape index (κ2) is 5.48. The van der Waals surface area contributed by atoms with Crippen molar-refractivity contribution in [2.75, 3.05) is 0 Å². The largest absolute Gasteiger partial charge is 0.460 e. The van der Waals surface area contributed by atoms with Gasteiger partial charge in [0.15, 0.2) is 0 Å². The van der Waals surface area contributed by atoms with Crippen LogP contribution in [0.3, 0.4) is 0 Å². The van der Waals surface area contributed by atoms with Crippen molar-refractivity contribution in [2.24, 2.45) is 0 Å². The van der Waals surface area contributed by atoms with Gasteiger partial charge in [0.05, 0.1) is 0 Å². The summed E-state index contributed by atoms with van der Waals surface area (Å²) in [7, 11) is -7.27. The Bertz CT molecular complexity index is 750. The molecule has 1 rings (SSSR count). The third-order valence-corrected chi connectivity index (χ3v) is 4.88. The van der Waals surface area contributed by atoms with Crippen LogP contribution >= 0.6 is 0 Å². The zero-order chi connectivity index (χ0) is 23.2. The van der Waals surface area contributed by atoms with E-state index in [0.29, 0.717) is 0 Å². The minimum atomic E-state index is -8.64. The quantitative estimate of drug-likeness (QED) is 0.435. The normalized spacial score (nSPS) is 26.7. The monoisotopic (exact) mass is 480 g/mol. The summed E-state index contributed by atoms with van der Waals surface area (Å²) >= 11 is 0. The Morgan fingerprint density at radius 1 is 0.571 bits per heavy atom. The zero-order valence-corrected chi connectivity index (χ0v) is 12.5. The van der Waals surface area contributed by atoms with Gasteiger partial charge in [-0.25, -0.2) is 4.39 Å². The molecule has 0 aromatic rings. The Balaban J connectivity index is 3.73. The summed E-state index contributed by atoms with van der Waals surface area (Å²) in [5, 5.41) is -7.23. The molecule has 1 fully saturated rings. The predicted molar refractivity (Wildman–Crippen MR) is 49.6 cm³/mol. The fourth-order valence-electron chi connectivity index (χ4n) is 1.67. The van der Waals surface area contributed by atoms with Crippen LogP contribution in [-0.2, 0) is 14.3 Å². The van der Waals surface area contributed by atoms with Gasteiger partial charge in [-0.2, -0.15) is 78.5 Å². The summed E-state index contributed by atoms with van der Waals surface area (Å²) in [5.74, 6) is -42.1. The van der Waals surface area contributed by atoms with Gasteiger partial charge in [0, 0.05) is 0 Å². The molecular formula is C8F16O3S. The van der Waals surface area contributed by atoms with Gasteiger partial charge in [0.2, 0.25) is 0 Å². The molecule has 20 heteroatoms. The van der Waals surface area contributed by atoms with E-state index in [2.05, 4.69) is 4.18 Å². The number of halogens is 16. The summed E-state index contributed by atoms with van der Waals surface area (Å²) in [6, 6.07) is 0. The van der Waals surface area contributed by atoms with E-state index in [1.165, 1.54) is 0 Å². The smallest absolute Gasteiger partial charge is 0.206 e.